The molecule has 0 aliphatic carbocycles. The number of hydrogen-bond donors (Lipinski definition) is 2. The van der Waals surface area contributed by atoms with Gasteiger partial charge in [-0.15, -0.1) is 24.8 Å². The molecule has 1 fully saturated rings. The fraction of sp³-hybridized carbons (Fsp3) is 0.833. The van der Waals surface area contributed by atoms with Crippen molar-refractivity contribution in [2.24, 2.45) is 11.7 Å². The maximum atomic E-state index is 11.9. The van der Waals surface area contributed by atoms with Crippen molar-refractivity contribution in [1.29, 1.82) is 0 Å². The van der Waals surface area contributed by atoms with Crippen molar-refractivity contribution in [3.8, 4) is 0 Å². The summed E-state index contributed by atoms with van der Waals surface area (Å²) in [7, 11) is 2.05. The lowest BCUT2D eigenvalue weighted by atomic mass is 10.1. The van der Waals surface area contributed by atoms with E-state index in [-0.39, 0.29) is 42.5 Å². The number of carbonyl (C=O) groups excluding carboxylic acids is 2. The van der Waals surface area contributed by atoms with E-state index in [1.165, 1.54) is 0 Å². The molecule has 1 saturated heterocycles. The number of rotatable bonds is 5. The van der Waals surface area contributed by atoms with Gasteiger partial charge >= 0.3 is 0 Å². The van der Waals surface area contributed by atoms with Gasteiger partial charge in [-0.2, -0.15) is 0 Å². The van der Waals surface area contributed by atoms with Gasteiger partial charge < -0.3 is 20.9 Å². The lowest BCUT2D eigenvalue weighted by molar-refractivity contribution is -0.132. The monoisotopic (exact) mass is 328 g/mol. The fourth-order valence-corrected chi connectivity index (χ4v) is 1.79. The van der Waals surface area contributed by atoms with E-state index in [1.54, 1.807) is 6.92 Å². The first-order chi connectivity index (χ1) is 8.54. The molecule has 0 aromatic heterocycles. The molecule has 0 aromatic carbocycles. The molecule has 2 amide bonds. The molecule has 120 valence electrons. The molecule has 6 nitrogen and oxygen atoms in total. The normalized spacial score (nSPS) is 16.6. The Bertz CT molecular complexity index is 297. The molecular formula is C12H26Cl2N4O2. The molecular weight excluding hydrogens is 303 g/mol. The van der Waals surface area contributed by atoms with Crippen LogP contribution in [0.3, 0.4) is 0 Å². The predicted octanol–water partition coefficient (Wildman–Crippen LogP) is -0.295. The summed E-state index contributed by atoms with van der Waals surface area (Å²) in [5, 5.41) is 2.74. The molecule has 0 bridgehead atoms. The first kappa shape index (κ1) is 21.7. The summed E-state index contributed by atoms with van der Waals surface area (Å²) in [5.41, 5.74) is 5.39. The average molecular weight is 329 g/mol. The number of nitrogens with zero attached hydrogens (tertiary/aromatic N) is 2. The lowest BCUT2D eigenvalue weighted by Gasteiger charge is -2.32. The summed E-state index contributed by atoms with van der Waals surface area (Å²) >= 11 is 0. The predicted molar refractivity (Wildman–Crippen MR) is 84.4 cm³/mol. The van der Waals surface area contributed by atoms with Crippen LogP contribution in [-0.2, 0) is 9.59 Å². The van der Waals surface area contributed by atoms with Crippen LogP contribution in [0.1, 0.15) is 13.3 Å². The van der Waals surface area contributed by atoms with Crippen molar-refractivity contribution >= 4 is 36.6 Å². The Balaban J connectivity index is 0. The largest absolute Gasteiger partial charge is 0.355 e. The van der Waals surface area contributed by atoms with Crippen LogP contribution in [0, 0.1) is 5.92 Å². The molecule has 1 unspecified atom stereocenters. The minimum Gasteiger partial charge on any atom is -0.355 e. The number of likely N-dealkylation sites (N-methyl/N-ethyl adjacent to an activating group) is 1. The SMILES string of the molecule is CC(CN)C(=O)NCCC(=O)N1CCN(C)CC1.Cl.Cl. The summed E-state index contributed by atoms with van der Waals surface area (Å²) in [4.78, 5) is 27.4. The second-order valence-electron chi connectivity index (χ2n) is 4.86. The highest BCUT2D eigenvalue weighted by Gasteiger charge is 2.19. The van der Waals surface area contributed by atoms with Crippen molar-refractivity contribution in [2.75, 3.05) is 46.3 Å². The maximum absolute atomic E-state index is 11.9. The summed E-state index contributed by atoms with van der Waals surface area (Å²) in [6.45, 7) is 5.90. The number of piperazine rings is 1. The molecule has 20 heavy (non-hydrogen) atoms. The topological polar surface area (TPSA) is 78.7 Å². The Morgan fingerprint density at radius 1 is 1.20 bits per heavy atom. The number of carbonyl (C=O) groups is 2. The summed E-state index contributed by atoms with van der Waals surface area (Å²) in [6, 6.07) is 0. The van der Waals surface area contributed by atoms with Gasteiger partial charge in [0.1, 0.15) is 0 Å². The summed E-state index contributed by atoms with van der Waals surface area (Å²) < 4.78 is 0. The van der Waals surface area contributed by atoms with Crippen LogP contribution in [0.15, 0.2) is 0 Å². The number of halogens is 2. The van der Waals surface area contributed by atoms with Crippen LogP contribution in [0.4, 0.5) is 0 Å². The number of nitrogens with two attached hydrogens (primary N) is 1. The van der Waals surface area contributed by atoms with Crippen molar-refractivity contribution in [3.63, 3.8) is 0 Å². The zero-order valence-corrected chi connectivity index (χ0v) is 13.8. The van der Waals surface area contributed by atoms with E-state index >= 15 is 0 Å². The van der Waals surface area contributed by atoms with Crippen LogP contribution in [0.25, 0.3) is 0 Å². The van der Waals surface area contributed by atoms with Crippen LogP contribution in [0.2, 0.25) is 0 Å². The molecule has 8 heteroatoms. The number of nitrogens with one attached hydrogen (secondary N) is 1. The lowest BCUT2D eigenvalue weighted by Crippen LogP contribution is -2.47. The number of amides is 2. The Labute approximate surface area is 133 Å². The molecule has 0 saturated carbocycles. The third-order valence-corrected chi connectivity index (χ3v) is 3.30. The van der Waals surface area contributed by atoms with Gasteiger partial charge in [-0.3, -0.25) is 9.59 Å². The van der Waals surface area contributed by atoms with Gasteiger partial charge in [0.15, 0.2) is 0 Å². The molecule has 1 heterocycles. The first-order valence-electron chi connectivity index (χ1n) is 6.48. The molecule has 0 aromatic rings. The second kappa shape index (κ2) is 11.1. The van der Waals surface area contributed by atoms with Gasteiger partial charge in [-0.25, -0.2) is 0 Å². The van der Waals surface area contributed by atoms with E-state index in [0.29, 0.717) is 19.5 Å². The Kier molecular flexibility index (Phi) is 12.1. The van der Waals surface area contributed by atoms with E-state index in [1.807, 2.05) is 4.90 Å². The van der Waals surface area contributed by atoms with Crippen molar-refractivity contribution < 1.29 is 9.59 Å². The third kappa shape index (κ3) is 7.28. The van der Waals surface area contributed by atoms with E-state index in [0.717, 1.165) is 26.2 Å². The Morgan fingerprint density at radius 2 is 1.75 bits per heavy atom. The molecule has 0 spiro atoms. The van der Waals surface area contributed by atoms with E-state index < -0.39 is 0 Å². The minimum atomic E-state index is -0.191. The molecule has 1 rings (SSSR count). The average Bonchev–Trinajstić information content (AvgIpc) is 2.38. The van der Waals surface area contributed by atoms with Crippen molar-refractivity contribution in [2.45, 2.75) is 13.3 Å². The van der Waals surface area contributed by atoms with Gasteiger partial charge in [0.2, 0.25) is 11.8 Å². The quantitative estimate of drug-likeness (QED) is 0.726. The van der Waals surface area contributed by atoms with Crippen LogP contribution in [0.5, 0.6) is 0 Å². The summed E-state index contributed by atoms with van der Waals surface area (Å²) in [6.07, 6.45) is 0.368. The highest BCUT2D eigenvalue weighted by molar-refractivity contribution is 5.85. The van der Waals surface area contributed by atoms with Gasteiger partial charge in [-0.05, 0) is 7.05 Å². The Hall–Kier alpha value is -0.560. The van der Waals surface area contributed by atoms with Crippen LogP contribution in [-0.4, -0.2) is 67.9 Å². The van der Waals surface area contributed by atoms with Crippen LogP contribution >= 0.6 is 24.8 Å². The van der Waals surface area contributed by atoms with Crippen molar-refractivity contribution in [1.82, 2.24) is 15.1 Å². The first-order valence-corrected chi connectivity index (χ1v) is 6.48. The van der Waals surface area contributed by atoms with E-state index in [4.69, 9.17) is 5.73 Å². The minimum absolute atomic E-state index is 0. The Morgan fingerprint density at radius 3 is 2.25 bits per heavy atom. The van der Waals surface area contributed by atoms with Crippen molar-refractivity contribution in [3.05, 3.63) is 0 Å². The zero-order valence-electron chi connectivity index (χ0n) is 12.1. The molecule has 0 radical (unpaired) electrons. The zero-order chi connectivity index (χ0) is 13.5. The smallest absolute Gasteiger partial charge is 0.224 e. The highest BCUT2D eigenvalue weighted by Crippen LogP contribution is 2.01. The van der Waals surface area contributed by atoms with Crippen LogP contribution < -0.4 is 11.1 Å². The maximum Gasteiger partial charge on any atom is 0.224 e. The molecule has 1 aliphatic rings. The number of hydrogen-bond acceptors (Lipinski definition) is 4. The standard InChI is InChI=1S/C12H24N4O2.2ClH/c1-10(9-13)12(18)14-4-3-11(17)16-7-5-15(2)6-8-16;;/h10H,3-9,13H2,1-2H3,(H,14,18);2*1H. The molecule has 3 N–H and O–H groups in total. The second-order valence-corrected chi connectivity index (χ2v) is 4.86. The van der Waals surface area contributed by atoms with Gasteiger partial charge in [0.25, 0.3) is 0 Å². The fourth-order valence-electron chi connectivity index (χ4n) is 1.79. The summed E-state index contributed by atoms with van der Waals surface area (Å²) in [5.74, 6) is -0.156. The molecule has 1 atom stereocenters. The highest BCUT2D eigenvalue weighted by atomic mass is 35.5. The van der Waals surface area contributed by atoms with Gasteiger partial charge in [-0.1, -0.05) is 6.92 Å². The molecule has 1 aliphatic heterocycles. The van der Waals surface area contributed by atoms with Gasteiger partial charge in [0, 0.05) is 51.6 Å². The van der Waals surface area contributed by atoms with E-state index in [2.05, 4.69) is 17.3 Å². The third-order valence-electron chi connectivity index (χ3n) is 3.30. The van der Waals surface area contributed by atoms with Gasteiger partial charge in [0.05, 0.1) is 0 Å². The van der Waals surface area contributed by atoms with E-state index in [9.17, 15) is 9.59 Å².